The van der Waals surface area contributed by atoms with Crippen molar-refractivity contribution in [3.8, 4) is 0 Å². The Bertz CT molecular complexity index is 248. The van der Waals surface area contributed by atoms with E-state index in [-0.39, 0.29) is 5.97 Å². The van der Waals surface area contributed by atoms with Crippen LogP contribution in [0.2, 0.25) is 0 Å². The summed E-state index contributed by atoms with van der Waals surface area (Å²) in [6.07, 6.45) is 5.20. The van der Waals surface area contributed by atoms with Crippen LogP contribution in [0.25, 0.3) is 0 Å². The van der Waals surface area contributed by atoms with Crippen LogP contribution >= 0.6 is 0 Å². The van der Waals surface area contributed by atoms with Crippen LogP contribution in [0.15, 0.2) is 11.6 Å². The van der Waals surface area contributed by atoms with Crippen molar-refractivity contribution in [2.45, 2.75) is 39.2 Å². The molecule has 0 aliphatic carbocycles. The molecule has 86 valence electrons. The van der Waals surface area contributed by atoms with E-state index in [2.05, 4.69) is 18.0 Å². The van der Waals surface area contributed by atoms with Gasteiger partial charge < -0.3 is 4.74 Å². The molecule has 3 heteroatoms. The van der Waals surface area contributed by atoms with Gasteiger partial charge in [0.2, 0.25) is 0 Å². The van der Waals surface area contributed by atoms with Crippen LogP contribution in [0.1, 0.15) is 33.1 Å². The van der Waals surface area contributed by atoms with Crippen LogP contribution in [0.3, 0.4) is 0 Å². The van der Waals surface area contributed by atoms with Crippen molar-refractivity contribution in [3.05, 3.63) is 11.6 Å². The zero-order valence-electron chi connectivity index (χ0n) is 9.95. The van der Waals surface area contributed by atoms with Crippen LogP contribution in [0.4, 0.5) is 0 Å². The second-order valence-electron chi connectivity index (χ2n) is 3.96. The number of hydrogen-bond donors (Lipinski definition) is 0. The molecule has 0 saturated carbocycles. The molecule has 1 aliphatic rings. The Labute approximate surface area is 92.1 Å². The van der Waals surface area contributed by atoms with Gasteiger partial charge in [0.15, 0.2) is 0 Å². The number of rotatable bonds is 4. The molecular weight excluding hydrogens is 190 g/mol. The molecule has 1 heterocycles. The first-order valence-electron chi connectivity index (χ1n) is 5.77. The molecule has 3 nitrogen and oxygen atoms in total. The first-order chi connectivity index (χ1) is 7.19. The molecule has 1 atom stereocenters. The molecule has 1 rings (SSSR count). The lowest BCUT2D eigenvalue weighted by atomic mass is 10.1. The van der Waals surface area contributed by atoms with Crippen LogP contribution in [-0.2, 0) is 9.53 Å². The highest BCUT2D eigenvalue weighted by Gasteiger charge is 2.20. The molecule has 1 aliphatic heterocycles. The molecular formula is C12H21NO2. The maximum atomic E-state index is 11.6. The topological polar surface area (TPSA) is 29.5 Å². The smallest absolute Gasteiger partial charge is 0.333 e. The summed E-state index contributed by atoms with van der Waals surface area (Å²) in [6, 6.07) is 0.421. The van der Waals surface area contributed by atoms with Gasteiger partial charge in [-0.05, 0) is 39.8 Å². The van der Waals surface area contributed by atoms with E-state index < -0.39 is 0 Å². The van der Waals surface area contributed by atoms with Crippen molar-refractivity contribution in [2.75, 3.05) is 20.2 Å². The summed E-state index contributed by atoms with van der Waals surface area (Å²) in [5, 5.41) is 0. The monoisotopic (exact) mass is 211 g/mol. The average molecular weight is 211 g/mol. The molecule has 0 aromatic heterocycles. The molecule has 0 amide bonds. The van der Waals surface area contributed by atoms with E-state index in [4.69, 9.17) is 4.74 Å². The maximum Gasteiger partial charge on any atom is 0.333 e. The van der Waals surface area contributed by atoms with Gasteiger partial charge in [-0.1, -0.05) is 13.0 Å². The summed E-state index contributed by atoms with van der Waals surface area (Å²) in [6.45, 7) is 5.42. The molecule has 1 fully saturated rings. The third-order valence-corrected chi connectivity index (χ3v) is 2.89. The lowest BCUT2D eigenvalue weighted by Gasteiger charge is -2.16. The van der Waals surface area contributed by atoms with Crippen LogP contribution in [0.5, 0.6) is 0 Å². The van der Waals surface area contributed by atoms with Crippen LogP contribution in [0, 0.1) is 0 Å². The SMILES string of the molecule is CCOC(=O)/C(=C/[C@H]1CCCN1C)CC. The molecule has 0 unspecified atom stereocenters. The first kappa shape index (κ1) is 12.2. The van der Waals surface area contributed by atoms with E-state index in [9.17, 15) is 4.79 Å². The Morgan fingerprint density at radius 3 is 2.73 bits per heavy atom. The number of carbonyl (C=O) groups is 1. The number of ether oxygens (including phenoxy) is 1. The fourth-order valence-corrected chi connectivity index (χ4v) is 1.93. The Kier molecular flexibility index (Phi) is 4.82. The predicted octanol–water partition coefficient (Wildman–Crippen LogP) is 1.98. The number of carbonyl (C=O) groups excluding carboxylic acids is 1. The molecule has 0 aromatic rings. The minimum Gasteiger partial charge on any atom is -0.463 e. The number of likely N-dealkylation sites (tertiary alicyclic amines) is 1. The van der Waals surface area contributed by atoms with Crippen LogP contribution < -0.4 is 0 Å². The Hall–Kier alpha value is -0.830. The zero-order chi connectivity index (χ0) is 11.3. The van der Waals surface area contributed by atoms with Gasteiger partial charge in [0.1, 0.15) is 0 Å². The number of likely N-dealkylation sites (N-methyl/N-ethyl adjacent to an activating group) is 1. The highest BCUT2D eigenvalue weighted by atomic mass is 16.5. The molecule has 0 N–H and O–H groups in total. The van der Waals surface area contributed by atoms with Gasteiger partial charge in [-0.2, -0.15) is 0 Å². The molecule has 15 heavy (non-hydrogen) atoms. The summed E-state index contributed by atoms with van der Waals surface area (Å²) < 4.78 is 5.01. The van der Waals surface area contributed by atoms with Gasteiger partial charge in [0, 0.05) is 11.6 Å². The predicted molar refractivity (Wildman–Crippen MR) is 60.7 cm³/mol. The van der Waals surface area contributed by atoms with Crippen molar-refractivity contribution in [2.24, 2.45) is 0 Å². The van der Waals surface area contributed by atoms with Gasteiger partial charge in [-0.15, -0.1) is 0 Å². The third-order valence-electron chi connectivity index (χ3n) is 2.89. The molecule has 0 bridgehead atoms. The fraction of sp³-hybridized carbons (Fsp3) is 0.750. The first-order valence-corrected chi connectivity index (χ1v) is 5.77. The van der Waals surface area contributed by atoms with Gasteiger partial charge in [0.05, 0.1) is 6.61 Å². The molecule has 0 radical (unpaired) electrons. The zero-order valence-corrected chi connectivity index (χ0v) is 9.95. The lowest BCUT2D eigenvalue weighted by molar-refractivity contribution is -0.138. The quantitative estimate of drug-likeness (QED) is 0.526. The van der Waals surface area contributed by atoms with Gasteiger partial charge in [0.25, 0.3) is 0 Å². The summed E-state index contributed by atoms with van der Waals surface area (Å²) in [4.78, 5) is 13.8. The van der Waals surface area contributed by atoms with Crippen molar-refractivity contribution in [1.29, 1.82) is 0 Å². The standard InChI is InChI=1S/C12H21NO2/c1-4-10(12(14)15-5-2)9-11-7-6-8-13(11)3/h9,11H,4-8H2,1-3H3/b10-9+/t11-/m1/s1. The second-order valence-corrected chi connectivity index (χ2v) is 3.96. The average Bonchev–Trinajstić information content (AvgIpc) is 2.61. The minimum absolute atomic E-state index is 0.153. The van der Waals surface area contributed by atoms with E-state index >= 15 is 0 Å². The fourth-order valence-electron chi connectivity index (χ4n) is 1.93. The minimum atomic E-state index is -0.153. The normalized spacial score (nSPS) is 23.1. The lowest BCUT2D eigenvalue weighted by Crippen LogP contribution is -2.24. The Morgan fingerprint density at radius 2 is 2.27 bits per heavy atom. The maximum absolute atomic E-state index is 11.6. The van der Waals surface area contributed by atoms with Crippen molar-refractivity contribution < 1.29 is 9.53 Å². The van der Waals surface area contributed by atoms with Crippen molar-refractivity contribution in [1.82, 2.24) is 4.90 Å². The van der Waals surface area contributed by atoms with Gasteiger partial charge in [-0.3, -0.25) is 4.90 Å². The van der Waals surface area contributed by atoms with Crippen molar-refractivity contribution in [3.63, 3.8) is 0 Å². The summed E-state index contributed by atoms with van der Waals surface area (Å²) in [5.41, 5.74) is 0.815. The van der Waals surface area contributed by atoms with E-state index in [0.29, 0.717) is 12.6 Å². The summed E-state index contributed by atoms with van der Waals surface area (Å²) in [5.74, 6) is -0.153. The Balaban J connectivity index is 2.63. The second kappa shape index (κ2) is 5.91. The summed E-state index contributed by atoms with van der Waals surface area (Å²) in [7, 11) is 2.10. The number of nitrogens with zero attached hydrogens (tertiary/aromatic N) is 1. The van der Waals surface area contributed by atoms with Gasteiger partial charge in [-0.25, -0.2) is 4.79 Å². The molecule has 0 aromatic carbocycles. The molecule has 0 spiro atoms. The number of hydrogen-bond acceptors (Lipinski definition) is 3. The highest BCUT2D eigenvalue weighted by Crippen LogP contribution is 2.18. The van der Waals surface area contributed by atoms with Crippen LogP contribution in [-0.4, -0.2) is 37.1 Å². The number of esters is 1. The van der Waals surface area contributed by atoms with E-state index in [0.717, 1.165) is 25.0 Å². The van der Waals surface area contributed by atoms with E-state index in [1.165, 1.54) is 6.42 Å². The van der Waals surface area contributed by atoms with Crippen molar-refractivity contribution >= 4 is 5.97 Å². The van der Waals surface area contributed by atoms with E-state index in [1.54, 1.807) is 0 Å². The van der Waals surface area contributed by atoms with Gasteiger partial charge >= 0.3 is 5.97 Å². The summed E-state index contributed by atoms with van der Waals surface area (Å²) >= 11 is 0. The Morgan fingerprint density at radius 1 is 1.53 bits per heavy atom. The molecule has 1 saturated heterocycles. The van der Waals surface area contributed by atoms with E-state index in [1.807, 2.05) is 13.8 Å². The highest BCUT2D eigenvalue weighted by molar-refractivity contribution is 5.88. The third kappa shape index (κ3) is 3.34. The largest absolute Gasteiger partial charge is 0.463 e.